The standard InChI is InChI=1S/C19H23NO2/c1-14(20-11-9-16(10-12-20)19(21)22-2)17-8-7-15-5-3-4-6-18(15)13-17/h3-8,13-14,16H,9-12H2,1-2H3/t14-/m1/s1. The Hall–Kier alpha value is -1.87. The van der Waals surface area contributed by atoms with Crippen molar-refractivity contribution >= 4 is 16.7 Å². The lowest BCUT2D eigenvalue weighted by molar-refractivity contribution is -0.147. The quantitative estimate of drug-likeness (QED) is 0.807. The molecular weight excluding hydrogens is 274 g/mol. The van der Waals surface area contributed by atoms with Crippen LogP contribution >= 0.6 is 0 Å². The summed E-state index contributed by atoms with van der Waals surface area (Å²) in [6.07, 6.45) is 1.79. The SMILES string of the molecule is COC(=O)C1CCN([C@H](C)c2ccc3ccccc3c2)CC1. The van der Waals surface area contributed by atoms with Crippen molar-refractivity contribution in [3.63, 3.8) is 0 Å². The largest absolute Gasteiger partial charge is 0.469 e. The Kier molecular flexibility index (Phi) is 4.44. The van der Waals surface area contributed by atoms with Crippen LogP contribution < -0.4 is 0 Å². The van der Waals surface area contributed by atoms with E-state index < -0.39 is 0 Å². The molecule has 0 amide bonds. The molecule has 116 valence electrons. The molecule has 1 saturated heterocycles. The summed E-state index contributed by atoms with van der Waals surface area (Å²) < 4.78 is 4.86. The molecule has 0 N–H and O–H groups in total. The predicted octanol–water partition coefficient (Wildman–Crippen LogP) is 3.79. The van der Waals surface area contributed by atoms with Crippen LogP contribution in [0.2, 0.25) is 0 Å². The number of methoxy groups -OCH3 is 1. The van der Waals surface area contributed by atoms with Gasteiger partial charge in [-0.1, -0.05) is 36.4 Å². The van der Waals surface area contributed by atoms with Crippen molar-refractivity contribution in [2.45, 2.75) is 25.8 Å². The number of benzene rings is 2. The van der Waals surface area contributed by atoms with Crippen molar-refractivity contribution in [2.75, 3.05) is 20.2 Å². The van der Waals surface area contributed by atoms with Crippen molar-refractivity contribution in [1.29, 1.82) is 0 Å². The summed E-state index contributed by atoms with van der Waals surface area (Å²) in [7, 11) is 1.48. The molecule has 0 spiro atoms. The van der Waals surface area contributed by atoms with E-state index in [0.717, 1.165) is 25.9 Å². The zero-order valence-corrected chi connectivity index (χ0v) is 13.3. The third-order valence-corrected chi connectivity index (χ3v) is 4.87. The van der Waals surface area contributed by atoms with Crippen LogP contribution in [0.3, 0.4) is 0 Å². The van der Waals surface area contributed by atoms with Crippen molar-refractivity contribution < 1.29 is 9.53 Å². The minimum atomic E-state index is -0.0574. The highest BCUT2D eigenvalue weighted by atomic mass is 16.5. The van der Waals surface area contributed by atoms with Crippen LogP contribution in [0, 0.1) is 5.92 Å². The highest BCUT2D eigenvalue weighted by molar-refractivity contribution is 5.83. The van der Waals surface area contributed by atoms with E-state index >= 15 is 0 Å². The molecule has 1 aliphatic heterocycles. The Morgan fingerprint density at radius 1 is 1.14 bits per heavy atom. The van der Waals surface area contributed by atoms with Gasteiger partial charge >= 0.3 is 5.97 Å². The van der Waals surface area contributed by atoms with Crippen molar-refractivity contribution in [1.82, 2.24) is 4.90 Å². The molecule has 1 heterocycles. The molecule has 3 heteroatoms. The fourth-order valence-electron chi connectivity index (χ4n) is 3.37. The highest BCUT2D eigenvalue weighted by Gasteiger charge is 2.28. The number of fused-ring (bicyclic) bond motifs is 1. The molecule has 0 aromatic heterocycles. The molecule has 3 rings (SSSR count). The van der Waals surface area contributed by atoms with Gasteiger partial charge in [-0.3, -0.25) is 9.69 Å². The number of carbonyl (C=O) groups is 1. The number of rotatable bonds is 3. The fraction of sp³-hybridized carbons (Fsp3) is 0.421. The zero-order valence-electron chi connectivity index (χ0n) is 13.3. The number of esters is 1. The van der Waals surface area contributed by atoms with Crippen LogP contribution in [0.5, 0.6) is 0 Å². The Balaban J connectivity index is 1.71. The summed E-state index contributed by atoms with van der Waals surface area (Å²) in [5.41, 5.74) is 1.34. The van der Waals surface area contributed by atoms with Crippen LogP contribution in [0.25, 0.3) is 10.8 Å². The van der Waals surface area contributed by atoms with Gasteiger partial charge in [-0.25, -0.2) is 0 Å². The van der Waals surface area contributed by atoms with Gasteiger partial charge in [0.15, 0.2) is 0 Å². The van der Waals surface area contributed by atoms with Gasteiger partial charge in [0.25, 0.3) is 0 Å². The molecule has 1 fully saturated rings. The van der Waals surface area contributed by atoms with Gasteiger partial charge in [-0.2, -0.15) is 0 Å². The molecule has 2 aromatic carbocycles. The molecule has 0 saturated carbocycles. The van der Waals surface area contributed by atoms with Crippen LogP contribution in [0.1, 0.15) is 31.4 Å². The number of carbonyl (C=O) groups excluding carboxylic acids is 1. The minimum absolute atomic E-state index is 0.0574. The first-order valence-electron chi connectivity index (χ1n) is 7.99. The molecule has 1 aliphatic rings. The first-order chi connectivity index (χ1) is 10.7. The normalized spacial score (nSPS) is 18.3. The maximum atomic E-state index is 11.6. The molecule has 0 unspecified atom stereocenters. The lowest BCUT2D eigenvalue weighted by Crippen LogP contribution is -2.38. The van der Waals surface area contributed by atoms with Crippen LogP contribution in [0.4, 0.5) is 0 Å². The maximum Gasteiger partial charge on any atom is 0.308 e. The van der Waals surface area contributed by atoms with E-state index in [4.69, 9.17) is 4.74 Å². The second kappa shape index (κ2) is 6.49. The number of nitrogens with zero attached hydrogens (tertiary/aromatic N) is 1. The van der Waals surface area contributed by atoms with Gasteiger partial charge < -0.3 is 4.74 Å². The molecule has 2 aromatic rings. The lowest BCUT2D eigenvalue weighted by Gasteiger charge is -2.35. The average Bonchev–Trinajstić information content (AvgIpc) is 2.60. The summed E-state index contributed by atoms with van der Waals surface area (Å²) in [5, 5.41) is 2.57. The van der Waals surface area contributed by atoms with Crippen molar-refractivity contribution in [3.8, 4) is 0 Å². The molecule has 22 heavy (non-hydrogen) atoms. The van der Waals surface area contributed by atoms with Gasteiger partial charge in [-0.05, 0) is 55.3 Å². The highest BCUT2D eigenvalue weighted by Crippen LogP contribution is 2.28. The van der Waals surface area contributed by atoms with Gasteiger partial charge in [0.1, 0.15) is 0 Å². The monoisotopic (exact) mass is 297 g/mol. The molecule has 3 nitrogen and oxygen atoms in total. The van der Waals surface area contributed by atoms with Crippen molar-refractivity contribution in [3.05, 3.63) is 48.0 Å². The van der Waals surface area contributed by atoms with Crippen LogP contribution in [-0.2, 0) is 9.53 Å². The zero-order chi connectivity index (χ0) is 15.5. The first-order valence-corrected chi connectivity index (χ1v) is 7.99. The second-order valence-corrected chi connectivity index (χ2v) is 6.12. The smallest absolute Gasteiger partial charge is 0.308 e. The molecule has 0 radical (unpaired) electrons. The molecule has 0 aliphatic carbocycles. The predicted molar refractivity (Wildman–Crippen MR) is 88.7 cm³/mol. The van der Waals surface area contributed by atoms with E-state index in [-0.39, 0.29) is 11.9 Å². The molecule has 0 bridgehead atoms. The number of likely N-dealkylation sites (tertiary alicyclic amines) is 1. The second-order valence-electron chi connectivity index (χ2n) is 6.12. The lowest BCUT2D eigenvalue weighted by atomic mass is 9.94. The van der Waals surface area contributed by atoms with Gasteiger partial charge in [0, 0.05) is 6.04 Å². The van der Waals surface area contributed by atoms with E-state index in [1.807, 2.05) is 0 Å². The Labute approximate surface area is 131 Å². The van der Waals surface area contributed by atoms with Crippen molar-refractivity contribution in [2.24, 2.45) is 5.92 Å². The molecular formula is C19H23NO2. The van der Waals surface area contributed by atoms with Gasteiger partial charge in [-0.15, -0.1) is 0 Å². The number of hydrogen-bond donors (Lipinski definition) is 0. The summed E-state index contributed by atoms with van der Waals surface area (Å²) in [6.45, 7) is 4.16. The van der Waals surface area contributed by atoms with E-state index in [1.54, 1.807) is 0 Å². The van der Waals surface area contributed by atoms with E-state index in [0.29, 0.717) is 6.04 Å². The number of ether oxygens (including phenoxy) is 1. The third kappa shape index (κ3) is 3.00. The summed E-state index contributed by atoms with van der Waals surface area (Å²) in [5.74, 6) is 0.0167. The first kappa shape index (κ1) is 15.0. The minimum Gasteiger partial charge on any atom is -0.469 e. The Bertz CT molecular complexity index is 659. The third-order valence-electron chi connectivity index (χ3n) is 4.87. The van der Waals surface area contributed by atoms with E-state index in [2.05, 4.69) is 54.3 Å². The summed E-state index contributed by atoms with van der Waals surface area (Å²) in [6, 6.07) is 15.5. The van der Waals surface area contributed by atoms with Crippen LogP contribution in [0.15, 0.2) is 42.5 Å². The Morgan fingerprint density at radius 3 is 2.50 bits per heavy atom. The van der Waals surface area contributed by atoms with E-state index in [9.17, 15) is 4.79 Å². The number of piperidine rings is 1. The Morgan fingerprint density at radius 2 is 1.82 bits per heavy atom. The average molecular weight is 297 g/mol. The number of hydrogen-bond acceptors (Lipinski definition) is 3. The van der Waals surface area contributed by atoms with Gasteiger partial charge in [0.05, 0.1) is 13.0 Å². The van der Waals surface area contributed by atoms with E-state index in [1.165, 1.54) is 23.4 Å². The topological polar surface area (TPSA) is 29.5 Å². The summed E-state index contributed by atoms with van der Waals surface area (Å²) in [4.78, 5) is 14.1. The molecule has 1 atom stereocenters. The van der Waals surface area contributed by atoms with Crippen LogP contribution in [-0.4, -0.2) is 31.1 Å². The fourth-order valence-corrected chi connectivity index (χ4v) is 3.37. The maximum absolute atomic E-state index is 11.6. The summed E-state index contributed by atoms with van der Waals surface area (Å²) >= 11 is 0. The van der Waals surface area contributed by atoms with Gasteiger partial charge in [0.2, 0.25) is 0 Å².